The van der Waals surface area contributed by atoms with Gasteiger partial charge in [-0.25, -0.2) is 14.6 Å². The summed E-state index contributed by atoms with van der Waals surface area (Å²) in [5, 5.41) is 9.99. The van der Waals surface area contributed by atoms with E-state index < -0.39 is 5.97 Å². The molecule has 3 heterocycles. The molecule has 37 heavy (non-hydrogen) atoms. The number of likely N-dealkylation sites (tertiary alicyclic amines) is 1. The molecule has 0 spiro atoms. The van der Waals surface area contributed by atoms with Crippen LogP contribution in [0, 0.1) is 6.92 Å². The van der Waals surface area contributed by atoms with E-state index in [2.05, 4.69) is 40.7 Å². The molecule has 0 bridgehead atoms. The van der Waals surface area contributed by atoms with Gasteiger partial charge in [-0.1, -0.05) is 37.1 Å². The second-order valence-electron chi connectivity index (χ2n) is 10.8. The molecule has 2 aromatic rings. The van der Waals surface area contributed by atoms with Crippen LogP contribution in [0.5, 0.6) is 0 Å². The fourth-order valence-electron chi connectivity index (χ4n) is 6.18. The molecule has 7 nitrogen and oxygen atoms in total. The lowest BCUT2D eigenvalue weighted by Crippen LogP contribution is -2.49. The Kier molecular flexibility index (Phi) is 8.05. The number of carbonyl (C=O) groups is 2. The number of nitrogens with zero attached hydrogens (tertiary/aromatic N) is 4. The molecule has 2 aliphatic heterocycles. The van der Waals surface area contributed by atoms with Crippen LogP contribution in [-0.2, 0) is 6.54 Å². The third kappa shape index (κ3) is 5.96. The van der Waals surface area contributed by atoms with Gasteiger partial charge in [-0.3, -0.25) is 4.90 Å². The number of carboxylic acids is 1. The summed E-state index contributed by atoms with van der Waals surface area (Å²) in [6.07, 6.45) is 8.24. The Labute approximate surface area is 224 Å². The topological polar surface area (TPSA) is 77.0 Å². The molecule has 1 atom stereocenters. The molecule has 1 aromatic carbocycles. The van der Waals surface area contributed by atoms with Crippen molar-refractivity contribution in [2.24, 2.45) is 0 Å². The number of urea groups is 1. The van der Waals surface area contributed by atoms with Crippen molar-refractivity contribution in [1.82, 2.24) is 19.7 Å². The smallest absolute Gasteiger partial charge is 0.335 e. The predicted molar refractivity (Wildman–Crippen MR) is 145 cm³/mol. The van der Waals surface area contributed by atoms with Crippen molar-refractivity contribution in [3.8, 4) is 0 Å². The highest BCUT2D eigenvalue weighted by atomic mass is 32.2. The van der Waals surface area contributed by atoms with Crippen molar-refractivity contribution in [3.63, 3.8) is 0 Å². The minimum atomic E-state index is -0.915. The number of aryl methyl sites for hydroxylation is 1. The molecule has 1 aromatic heterocycles. The van der Waals surface area contributed by atoms with Crippen molar-refractivity contribution in [3.05, 3.63) is 53.2 Å². The number of hydrogen-bond acceptors (Lipinski definition) is 5. The highest BCUT2D eigenvalue weighted by Crippen LogP contribution is 2.32. The van der Waals surface area contributed by atoms with Crippen molar-refractivity contribution in [2.75, 3.05) is 19.6 Å². The minimum Gasteiger partial charge on any atom is -0.478 e. The summed E-state index contributed by atoms with van der Waals surface area (Å²) in [7, 11) is 0. The lowest BCUT2D eigenvalue weighted by atomic mass is 9.94. The van der Waals surface area contributed by atoms with Crippen molar-refractivity contribution < 1.29 is 14.7 Å². The number of rotatable bonds is 7. The fourth-order valence-corrected chi connectivity index (χ4v) is 7.01. The Balaban J connectivity index is 1.14. The number of aromatic nitrogens is 1. The molecule has 198 valence electrons. The molecule has 2 saturated heterocycles. The van der Waals surface area contributed by atoms with Crippen LogP contribution in [0.3, 0.4) is 0 Å². The van der Waals surface area contributed by atoms with Gasteiger partial charge in [0, 0.05) is 54.9 Å². The van der Waals surface area contributed by atoms with E-state index in [1.54, 1.807) is 23.9 Å². The van der Waals surface area contributed by atoms with Crippen molar-refractivity contribution in [2.45, 2.75) is 93.4 Å². The maximum atomic E-state index is 13.3. The number of benzene rings is 1. The van der Waals surface area contributed by atoms with Crippen LogP contribution >= 0.6 is 11.8 Å². The minimum absolute atomic E-state index is 0.281. The maximum absolute atomic E-state index is 13.3. The zero-order valence-electron chi connectivity index (χ0n) is 21.9. The van der Waals surface area contributed by atoms with Gasteiger partial charge in [0.2, 0.25) is 0 Å². The third-order valence-corrected chi connectivity index (χ3v) is 9.20. The number of piperidine rings is 1. The Hall–Kier alpha value is -2.58. The van der Waals surface area contributed by atoms with Gasteiger partial charge in [0.1, 0.15) is 5.03 Å². The summed E-state index contributed by atoms with van der Waals surface area (Å²) < 4.78 is 0. The first-order chi connectivity index (χ1) is 17.9. The maximum Gasteiger partial charge on any atom is 0.335 e. The summed E-state index contributed by atoms with van der Waals surface area (Å²) in [6, 6.07) is 12.5. The number of hydrogen-bond donors (Lipinski definition) is 1. The van der Waals surface area contributed by atoms with Gasteiger partial charge in [0.05, 0.1) is 5.56 Å². The van der Waals surface area contributed by atoms with Gasteiger partial charge in [-0.05, 0) is 75.4 Å². The van der Waals surface area contributed by atoms with Crippen LogP contribution in [0.15, 0.2) is 46.3 Å². The molecule has 3 aliphatic rings. The summed E-state index contributed by atoms with van der Waals surface area (Å²) in [5.74, 6) is -0.915. The highest BCUT2D eigenvalue weighted by Gasteiger charge is 2.42. The van der Waals surface area contributed by atoms with E-state index in [-0.39, 0.29) is 11.6 Å². The first-order valence-corrected chi connectivity index (χ1v) is 14.5. The van der Waals surface area contributed by atoms with Crippen molar-refractivity contribution in [1.29, 1.82) is 0 Å². The largest absolute Gasteiger partial charge is 0.478 e. The van der Waals surface area contributed by atoms with Gasteiger partial charge in [-0.2, -0.15) is 0 Å². The summed E-state index contributed by atoms with van der Waals surface area (Å²) in [5.41, 5.74) is 2.55. The van der Waals surface area contributed by atoms with Crippen LogP contribution in [0.2, 0.25) is 0 Å². The first-order valence-electron chi connectivity index (χ1n) is 13.7. The van der Waals surface area contributed by atoms with Crippen LogP contribution in [0.1, 0.15) is 73.5 Å². The fraction of sp³-hybridized carbons (Fsp3) is 0.552. The molecule has 0 unspecified atom stereocenters. The molecule has 2 amide bonds. The lowest BCUT2D eigenvalue weighted by molar-refractivity contribution is 0.0696. The Bertz CT molecular complexity index is 1110. The van der Waals surface area contributed by atoms with Crippen LogP contribution in [-0.4, -0.2) is 74.6 Å². The van der Waals surface area contributed by atoms with E-state index >= 15 is 0 Å². The van der Waals surface area contributed by atoms with Crippen LogP contribution < -0.4 is 0 Å². The summed E-state index contributed by atoms with van der Waals surface area (Å²) in [4.78, 5) is 37.1. The quantitative estimate of drug-likeness (QED) is 0.505. The summed E-state index contributed by atoms with van der Waals surface area (Å²) >= 11 is 1.54. The Morgan fingerprint density at radius 2 is 1.70 bits per heavy atom. The van der Waals surface area contributed by atoms with Gasteiger partial charge < -0.3 is 14.9 Å². The lowest BCUT2D eigenvalue weighted by Gasteiger charge is -2.38. The van der Waals surface area contributed by atoms with E-state index in [1.807, 2.05) is 12.1 Å². The van der Waals surface area contributed by atoms with Gasteiger partial charge >= 0.3 is 12.0 Å². The zero-order chi connectivity index (χ0) is 25.9. The molecule has 1 N–H and O–H groups in total. The normalized spacial score (nSPS) is 22.1. The van der Waals surface area contributed by atoms with Crippen LogP contribution in [0.25, 0.3) is 0 Å². The SMILES string of the molecule is Cc1nc(Sc2ccc(C(=O)O)cc2)ccc1CN1CCC(N2C(=O)N(C3CCCCC3)C[C@H]2C)CC1. The van der Waals surface area contributed by atoms with E-state index in [9.17, 15) is 9.59 Å². The first kappa shape index (κ1) is 26.0. The molecule has 3 fully saturated rings. The Morgan fingerprint density at radius 3 is 2.35 bits per heavy atom. The Morgan fingerprint density at radius 1 is 1.00 bits per heavy atom. The van der Waals surface area contributed by atoms with Gasteiger partial charge in [-0.15, -0.1) is 0 Å². The monoisotopic (exact) mass is 522 g/mol. The summed E-state index contributed by atoms with van der Waals surface area (Å²) in [6.45, 7) is 8.05. The number of pyridine rings is 1. The standard InChI is InChI=1S/C29H38N4O3S/c1-20-18-32(24-6-4-3-5-7-24)29(36)33(20)25-14-16-31(17-15-25)19-23-10-13-27(30-21(23)2)37-26-11-8-22(9-12-26)28(34)35/h8-13,20,24-25H,3-7,14-19H2,1-2H3,(H,34,35)/t20-/m1/s1. The average molecular weight is 523 g/mol. The number of aromatic carboxylic acids is 1. The average Bonchev–Trinajstić information content (AvgIpc) is 3.20. The van der Waals surface area contributed by atoms with E-state index in [1.165, 1.54) is 37.7 Å². The molecule has 1 saturated carbocycles. The molecule has 8 heteroatoms. The highest BCUT2D eigenvalue weighted by molar-refractivity contribution is 7.99. The van der Waals surface area contributed by atoms with Gasteiger partial charge in [0.15, 0.2) is 0 Å². The molecule has 1 aliphatic carbocycles. The second kappa shape index (κ2) is 11.4. The number of carbonyl (C=O) groups excluding carboxylic acids is 1. The van der Waals surface area contributed by atoms with Gasteiger partial charge in [0.25, 0.3) is 0 Å². The third-order valence-electron chi connectivity index (χ3n) is 8.26. The van der Waals surface area contributed by atoms with E-state index in [0.29, 0.717) is 18.1 Å². The second-order valence-corrected chi connectivity index (χ2v) is 11.9. The van der Waals surface area contributed by atoms with Crippen LogP contribution in [0.4, 0.5) is 4.79 Å². The zero-order valence-corrected chi connectivity index (χ0v) is 22.8. The molecule has 5 rings (SSSR count). The number of amides is 2. The van der Waals surface area contributed by atoms with E-state index in [4.69, 9.17) is 10.1 Å². The van der Waals surface area contributed by atoms with Crippen molar-refractivity contribution >= 4 is 23.8 Å². The predicted octanol–water partition coefficient (Wildman–Crippen LogP) is 5.66. The van der Waals surface area contributed by atoms with E-state index in [0.717, 1.165) is 54.6 Å². The number of carboxylic acid groups (broad SMARTS) is 1. The molecular formula is C29H38N4O3S. The molecule has 0 radical (unpaired) electrons. The molecular weight excluding hydrogens is 484 g/mol.